The van der Waals surface area contributed by atoms with Crippen LogP contribution >= 0.6 is 11.6 Å². The number of nitrogens with zero attached hydrogens (tertiary/aromatic N) is 1. The Bertz CT molecular complexity index is 923. The lowest BCUT2D eigenvalue weighted by Gasteiger charge is -2.33. The lowest BCUT2D eigenvalue weighted by atomic mass is 9.86. The van der Waals surface area contributed by atoms with Gasteiger partial charge in [0.15, 0.2) is 0 Å². The van der Waals surface area contributed by atoms with Crippen molar-refractivity contribution < 1.29 is 13.2 Å². The average Bonchev–Trinajstić information content (AvgIpc) is 2.71. The van der Waals surface area contributed by atoms with Gasteiger partial charge in [0, 0.05) is 36.0 Å². The summed E-state index contributed by atoms with van der Waals surface area (Å²) in [7, 11) is -3.65. The quantitative estimate of drug-likeness (QED) is 0.603. The standard InChI is InChI=1S/C20H25ClN4O3S/c1-14-18(21)5-2-6-19(14)25-29(27,28)17-9-7-16(8-10-17)24-20(26)23-13-15-4-3-11-22-12-15/h3-4,7-12,14,18-19,25H,2,5-6,13H2,1H3,(H2,23,24,26). The molecule has 2 aromatic rings. The van der Waals surface area contributed by atoms with Crippen LogP contribution in [0.3, 0.4) is 0 Å². The first kappa shape index (κ1) is 21.5. The molecule has 9 heteroatoms. The molecule has 0 spiro atoms. The Labute approximate surface area is 176 Å². The van der Waals surface area contributed by atoms with E-state index < -0.39 is 10.0 Å². The zero-order valence-electron chi connectivity index (χ0n) is 16.1. The van der Waals surface area contributed by atoms with Crippen LogP contribution in [0.15, 0.2) is 53.7 Å². The van der Waals surface area contributed by atoms with Crippen LogP contribution in [0.5, 0.6) is 0 Å². The average molecular weight is 437 g/mol. The third-order valence-corrected chi connectivity index (χ3v) is 7.23. The van der Waals surface area contributed by atoms with Gasteiger partial charge in [-0.3, -0.25) is 4.98 Å². The van der Waals surface area contributed by atoms with E-state index in [1.807, 2.05) is 13.0 Å². The van der Waals surface area contributed by atoms with Crippen LogP contribution in [0.2, 0.25) is 0 Å². The summed E-state index contributed by atoms with van der Waals surface area (Å²) in [6.07, 6.45) is 5.93. The zero-order valence-corrected chi connectivity index (χ0v) is 17.7. The van der Waals surface area contributed by atoms with Gasteiger partial charge in [0.25, 0.3) is 0 Å². The van der Waals surface area contributed by atoms with E-state index in [9.17, 15) is 13.2 Å². The number of rotatable bonds is 6. The van der Waals surface area contributed by atoms with Crippen molar-refractivity contribution in [1.82, 2.24) is 15.0 Å². The molecule has 3 unspecified atom stereocenters. The highest BCUT2D eigenvalue weighted by molar-refractivity contribution is 7.89. The molecule has 0 bridgehead atoms. The van der Waals surface area contributed by atoms with Crippen LogP contribution in [-0.4, -0.2) is 30.9 Å². The number of benzene rings is 1. The summed E-state index contributed by atoms with van der Waals surface area (Å²) in [5.74, 6) is 0.0737. The van der Waals surface area contributed by atoms with Gasteiger partial charge in [-0.05, 0) is 54.7 Å². The second kappa shape index (κ2) is 9.56. The number of carbonyl (C=O) groups is 1. The second-order valence-corrected chi connectivity index (χ2v) is 9.50. The van der Waals surface area contributed by atoms with Gasteiger partial charge in [-0.1, -0.05) is 19.4 Å². The molecular weight excluding hydrogens is 412 g/mol. The molecule has 2 amide bonds. The number of pyridine rings is 1. The largest absolute Gasteiger partial charge is 0.334 e. The normalized spacial score (nSPS) is 22.1. The lowest BCUT2D eigenvalue weighted by molar-refractivity contribution is 0.251. The first-order valence-electron chi connectivity index (χ1n) is 9.55. The number of anilines is 1. The Morgan fingerprint density at radius 1 is 1.21 bits per heavy atom. The van der Waals surface area contributed by atoms with E-state index in [2.05, 4.69) is 20.3 Å². The van der Waals surface area contributed by atoms with Crippen LogP contribution < -0.4 is 15.4 Å². The first-order chi connectivity index (χ1) is 13.8. The molecular formula is C20H25ClN4O3S. The molecule has 1 aromatic carbocycles. The molecule has 3 atom stereocenters. The zero-order chi connectivity index (χ0) is 20.9. The molecule has 0 radical (unpaired) electrons. The van der Waals surface area contributed by atoms with Gasteiger partial charge < -0.3 is 10.6 Å². The van der Waals surface area contributed by atoms with Gasteiger partial charge in [-0.25, -0.2) is 17.9 Å². The molecule has 1 heterocycles. The van der Waals surface area contributed by atoms with Crippen LogP contribution in [0.25, 0.3) is 0 Å². The minimum absolute atomic E-state index is 0.0202. The topological polar surface area (TPSA) is 100 Å². The number of aromatic nitrogens is 1. The summed E-state index contributed by atoms with van der Waals surface area (Å²) in [4.78, 5) is 16.2. The molecule has 0 aliphatic heterocycles. The smallest absolute Gasteiger partial charge is 0.319 e. The fourth-order valence-corrected chi connectivity index (χ4v) is 5.01. The highest BCUT2D eigenvalue weighted by Crippen LogP contribution is 2.29. The molecule has 29 heavy (non-hydrogen) atoms. The summed E-state index contributed by atoms with van der Waals surface area (Å²) < 4.78 is 28.1. The van der Waals surface area contributed by atoms with Crippen LogP contribution in [0, 0.1) is 5.92 Å². The molecule has 3 N–H and O–H groups in total. The van der Waals surface area contributed by atoms with Crippen molar-refractivity contribution in [3.05, 3.63) is 54.4 Å². The minimum Gasteiger partial charge on any atom is -0.334 e. The minimum atomic E-state index is -3.65. The summed E-state index contributed by atoms with van der Waals surface area (Å²) in [6, 6.07) is 9.18. The van der Waals surface area contributed by atoms with E-state index >= 15 is 0 Å². The van der Waals surface area contributed by atoms with E-state index in [4.69, 9.17) is 11.6 Å². The first-order valence-corrected chi connectivity index (χ1v) is 11.5. The third kappa shape index (κ3) is 5.91. The molecule has 3 rings (SSSR count). The predicted molar refractivity (Wildman–Crippen MR) is 113 cm³/mol. The van der Waals surface area contributed by atoms with Gasteiger partial charge >= 0.3 is 6.03 Å². The Balaban J connectivity index is 1.56. The summed E-state index contributed by atoms with van der Waals surface area (Å²) in [5, 5.41) is 5.38. The van der Waals surface area contributed by atoms with E-state index in [0.29, 0.717) is 12.2 Å². The number of amides is 2. The van der Waals surface area contributed by atoms with E-state index in [0.717, 1.165) is 24.8 Å². The second-order valence-electron chi connectivity index (χ2n) is 7.23. The summed E-state index contributed by atoms with van der Waals surface area (Å²) >= 11 is 6.29. The van der Waals surface area contributed by atoms with E-state index in [1.165, 1.54) is 12.1 Å². The highest BCUT2D eigenvalue weighted by Gasteiger charge is 2.31. The fourth-order valence-electron chi connectivity index (χ4n) is 3.32. The van der Waals surface area contributed by atoms with Gasteiger partial charge in [0.1, 0.15) is 0 Å². The fraction of sp³-hybridized carbons (Fsp3) is 0.400. The van der Waals surface area contributed by atoms with Crippen molar-refractivity contribution in [2.45, 2.75) is 49.0 Å². The number of urea groups is 1. The van der Waals surface area contributed by atoms with Crippen molar-refractivity contribution in [3.63, 3.8) is 0 Å². The number of hydrogen-bond donors (Lipinski definition) is 3. The maximum Gasteiger partial charge on any atom is 0.319 e. The van der Waals surface area contributed by atoms with Crippen molar-refractivity contribution >= 4 is 33.3 Å². The number of carbonyl (C=O) groups excluding carboxylic acids is 1. The number of nitrogens with one attached hydrogen (secondary N) is 3. The van der Waals surface area contributed by atoms with Gasteiger partial charge in [0.05, 0.1) is 4.90 Å². The van der Waals surface area contributed by atoms with Gasteiger partial charge in [-0.2, -0.15) is 0 Å². The Kier molecular flexibility index (Phi) is 7.10. The Hall–Kier alpha value is -2.16. The van der Waals surface area contributed by atoms with Crippen molar-refractivity contribution in [2.24, 2.45) is 5.92 Å². The number of alkyl halides is 1. The molecule has 1 aliphatic rings. The highest BCUT2D eigenvalue weighted by atomic mass is 35.5. The molecule has 156 valence electrons. The van der Waals surface area contributed by atoms with Crippen LogP contribution in [0.4, 0.5) is 10.5 Å². The molecule has 1 fully saturated rings. The van der Waals surface area contributed by atoms with Crippen molar-refractivity contribution in [1.29, 1.82) is 0 Å². The van der Waals surface area contributed by atoms with E-state index in [-0.39, 0.29) is 28.3 Å². The molecule has 7 nitrogen and oxygen atoms in total. The van der Waals surface area contributed by atoms with Crippen LogP contribution in [-0.2, 0) is 16.6 Å². The van der Waals surface area contributed by atoms with Gasteiger partial charge in [0.2, 0.25) is 10.0 Å². The van der Waals surface area contributed by atoms with Crippen molar-refractivity contribution in [3.8, 4) is 0 Å². The Morgan fingerprint density at radius 3 is 2.66 bits per heavy atom. The van der Waals surface area contributed by atoms with Crippen molar-refractivity contribution in [2.75, 3.05) is 5.32 Å². The SMILES string of the molecule is CC1C(Cl)CCCC1NS(=O)(=O)c1ccc(NC(=O)NCc2cccnc2)cc1. The maximum absolute atomic E-state index is 12.7. The predicted octanol–water partition coefficient (Wildman–Crippen LogP) is 3.48. The molecule has 0 saturated heterocycles. The monoisotopic (exact) mass is 436 g/mol. The maximum atomic E-state index is 12.7. The molecule has 1 saturated carbocycles. The molecule has 1 aliphatic carbocycles. The summed E-state index contributed by atoms with van der Waals surface area (Å²) in [6.45, 7) is 2.32. The summed E-state index contributed by atoms with van der Waals surface area (Å²) in [5.41, 5.74) is 1.38. The number of halogens is 1. The van der Waals surface area contributed by atoms with Gasteiger partial charge in [-0.15, -0.1) is 11.6 Å². The van der Waals surface area contributed by atoms with Crippen LogP contribution in [0.1, 0.15) is 31.7 Å². The van der Waals surface area contributed by atoms with E-state index in [1.54, 1.807) is 30.6 Å². The number of hydrogen-bond acceptors (Lipinski definition) is 4. The number of sulfonamides is 1. The Morgan fingerprint density at radius 2 is 1.97 bits per heavy atom. The molecule has 1 aromatic heterocycles. The third-order valence-electron chi connectivity index (χ3n) is 5.11. The lowest BCUT2D eigenvalue weighted by Crippen LogP contribution is -2.44.